The second kappa shape index (κ2) is 10.9. The number of H-pyrrole nitrogens is 2. The van der Waals surface area contributed by atoms with Crippen molar-refractivity contribution in [2.75, 3.05) is 37.8 Å². The number of imidazole rings is 1. The number of nitrogens with zero attached hydrogens (tertiary/aromatic N) is 6. The van der Waals surface area contributed by atoms with Crippen LogP contribution >= 0.6 is 0 Å². The third-order valence-electron chi connectivity index (χ3n) is 7.39. The number of hydrogen-bond acceptors (Lipinski definition) is 8. The zero-order valence-corrected chi connectivity index (χ0v) is 23.6. The molecular weight excluding hydrogens is 547 g/mol. The monoisotopic (exact) mass is 576 g/mol. The van der Waals surface area contributed by atoms with Crippen molar-refractivity contribution in [1.29, 1.82) is 0 Å². The molecule has 216 valence electrons. The molecule has 1 fully saturated rings. The molecule has 0 radical (unpaired) electrons. The summed E-state index contributed by atoms with van der Waals surface area (Å²) in [6.07, 6.45) is 8.64. The van der Waals surface area contributed by atoms with E-state index in [9.17, 15) is 9.18 Å². The number of likely N-dealkylation sites (N-methyl/N-ethyl adjacent to an activating group) is 1. The van der Waals surface area contributed by atoms with Crippen molar-refractivity contribution in [2.24, 2.45) is 5.92 Å². The molecule has 1 amide bonds. The van der Waals surface area contributed by atoms with Crippen molar-refractivity contribution in [3.05, 3.63) is 67.0 Å². The molecule has 1 saturated carbocycles. The molecule has 5 heterocycles. The van der Waals surface area contributed by atoms with Gasteiger partial charge in [-0.3, -0.25) is 19.9 Å². The van der Waals surface area contributed by atoms with Crippen LogP contribution < -0.4 is 10.6 Å². The van der Waals surface area contributed by atoms with Gasteiger partial charge in [-0.1, -0.05) is 0 Å². The highest BCUT2D eigenvalue weighted by Crippen LogP contribution is 2.34. The summed E-state index contributed by atoms with van der Waals surface area (Å²) < 4.78 is 14.7. The number of fused-ring (bicyclic) bond motifs is 2. The highest BCUT2D eigenvalue weighted by molar-refractivity contribution is 5.97. The summed E-state index contributed by atoms with van der Waals surface area (Å²) in [7, 11) is 3.98. The molecule has 11 nitrogen and oxygen atoms in total. The Kier molecular flexibility index (Phi) is 6.74. The van der Waals surface area contributed by atoms with Crippen LogP contribution in [0.1, 0.15) is 12.8 Å². The zero-order valence-electron chi connectivity index (χ0n) is 23.6. The number of benzene rings is 1. The van der Waals surface area contributed by atoms with Gasteiger partial charge in [-0.05, 0) is 63.3 Å². The molecular formula is C31H29FN10O. The van der Waals surface area contributed by atoms with Crippen LogP contribution in [0.2, 0.25) is 0 Å². The van der Waals surface area contributed by atoms with E-state index in [1.165, 1.54) is 12.1 Å². The number of aromatic nitrogens is 7. The average molecular weight is 577 g/mol. The fourth-order valence-corrected chi connectivity index (χ4v) is 5.01. The summed E-state index contributed by atoms with van der Waals surface area (Å²) in [4.78, 5) is 36.0. The van der Waals surface area contributed by atoms with E-state index in [1.807, 2.05) is 38.4 Å². The number of carbonyl (C=O) groups excluding carboxylic acids is 1. The van der Waals surface area contributed by atoms with Gasteiger partial charge in [0.1, 0.15) is 17.0 Å². The maximum atomic E-state index is 14.7. The summed E-state index contributed by atoms with van der Waals surface area (Å²) >= 11 is 0. The number of carbonyl (C=O) groups is 1. The molecule has 0 bridgehead atoms. The van der Waals surface area contributed by atoms with E-state index < -0.39 is 0 Å². The van der Waals surface area contributed by atoms with E-state index in [0.717, 1.165) is 41.4 Å². The van der Waals surface area contributed by atoms with E-state index in [2.05, 4.69) is 45.7 Å². The smallest absolute Gasteiger partial charge is 0.227 e. The van der Waals surface area contributed by atoms with Gasteiger partial charge in [0.15, 0.2) is 11.5 Å². The molecule has 0 saturated heterocycles. The molecule has 6 aromatic rings. The lowest BCUT2D eigenvalue weighted by Crippen LogP contribution is -2.20. The Labute approximate surface area is 246 Å². The lowest BCUT2D eigenvalue weighted by molar-refractivity contribution is -0.117. The molecule has 0 unspecified atom stereocenters. The normalized spacial score (nSPS) is 13.2. The molecule has 7 rings (SSSR count). The minimum atomic E-state index is -0.358. The van der Waals surface area contributed by atoms with Crippen LogP contribution in [-0.4, -0.2) is 73.1 Å². The second-order valence-corrected chi connectivity index (χ2v) is 11.0. The quantitative estimate of drug-likeness (QED) is 0.187. The zero-order chi connectivity index (χ0) is 29.5. The Bertz CT molecular complexity index is 1980. The third-order valence-corrected chi connectivity index (χ3v) is 7.39. The van der Waals surface area contributed by atoms with Crippen LogP contribution in [0.5, 0.6) is 0 Å². The summed E-state index contributed by atoms with van der Waals surface area (Å²) in [6, 6.07) is 10.5. The maximum Gasteiger partial charge on any atom is 0.227 e. The number of anilines is 2. The largest absolute Gasteiger partial charge is 0.384 e. The van der Waals surface area contributed by atoms with Crippen LogP contribution in [0.4, 0.5) is 15.8 Å². The fraction of sp³-hybridized carbons (Fsp3) is 0.226. The minimum Gasteiger partial charge on any atom is -0.384 e. The van der Waals surface area contributed by atoms with Crippen molar-refractivity contribution in [3.8, 4) is 33.9 Å². The molecule has 1 aromatic carbocycles. The first-order valence-electron chi connectivity index (χ1n) is 14.1. The van der Waals surface area contributed by atoms with Gasteiger partial charge < -0.3 is 20.5 Å². The van der Waals surface area contributed by atoms with Crippen LogP contribution in [0.25, 0.3) is 56.0 Å². The van der Waals surface area contributed by atoms with Crippen molar-refractivity contribution < 1.29 is 9.18 Å². The Morgan fingerprint density at radius 3 is 2.70 bits per heavy atom. The van der Waals surface area contributed by atoms with E-state index >= 15 is 0 Å². The SMILES string of the molecule is CN(C)CCNc1cc(F)cc(-c2nccc3[nH]c(-c4[nH]nc5ncc(-c6cncc(NC(=O)C7CC7)c6)cc45)nc23)c1. The lowest BCUT2D eigenvalue weighted by Gasteiger charge is -2.12. The van der Waals surface area contributed by atoms with E-state index in [1.54, 1.807) is 24.8 Å². The summed E-state index contributed by atoms with van der Waals surface area (Å²) in [5, 5.41) is 14.4. The summed E-state index contributed by atoms with van der Waals surface area (Å²) in [6.45, 7) is 1.49. The molecule has 0 atom stereocenters. The molecule has 0 spiro atoms. The van der Waals surface area contributed by atoms with E-state index in [4.69, 9.17) is 4.98 Å². The number of nitrogens with one attached hydrogen (secondary N) is 4. The number of aromatic amines is 2. The maximum absolute atomic E-state index is 14.7. The number of amides is 1. The van der Waals surface area contributed by atoms with Gasteiger partial charge >= 0.3 is 0 Å². The van der Waals surface area contributed by atoms with Crippen molar-refractivity contribution in [1.82, 2.24) is 40.0 Å². The predicted octanol–water partition coefficient (Wildman–Crippen LogP) is 5.09. The molecule has 1 aliphatic carbocycles. The summed E-state index contributed by atoms with van der Waals surface area (Å²) in [5.41, 5.74) is 6.68. The highest BCUT2D eigenvalue weighted by atomic mass is 19.1. The van der Waals surface area contributed by atoms with Crippen molar-refractivity contribution in [2.45, 2.75) is 12.8 Å². The van der Waals surface area contributed by atoms with Gasteiger partial charge in [0.2, 0.25) is 5.91 Å². The molecule has 0 aliphatic heterocycles. The Balaban J connectivity index is 1.23. The average Bonchev–Trinajstić information content (AvgIpc) is 3.62. The lowest BCUT2D eigenvalue weighted by atomic mass is 10.1. The number of pyridine rings is 3. The predicted molar refractivity (Wildman–Crippen MR) is 164 cm³/mol. The molecule has 43 heavy (non-hydrogen) atoms. The number of halogens is 1. The topological polar surface area (TPSA) is 140 Å². The number of hydrogen-bond donors (Lipinski definition) is 4. The van der Waals surface area contributed by atoms with E-state index in [-0.39, 0.29) is 17.6 Å². The fourth-order valence-electron chi connectivity index (χ4n) is 5.01. The highest BCUT2D eigenvalue weighted by Gasteiger charge is 2.29. The first-order valence-corrected chi connectivity index (χ1v) is 14.1. The van der Waals surface area contributed by atoms with Crippen LogP contribution in [0.3, 0.4) is 0 Å². The Hall–Kier alpha value is -5.23. The molecule has 12 heteroatoms. The van der Waals surface area contributed by atoms with Gasteiger partial charge in [0.25, 0.3) is 0 Å². The molecule has 4 N–H and O–H groups in total. The first kappa shape index (κ1) is 26.7. The Morgan fingerprint density at radius 2 is 1.86 bits per heavy atom. The van der Waals surface area contributed by atoms with Gasteiger partial charge in [0.05, 0.1) is 28.5 Å². The van der Waals surface area contributed by atoms with Crippen LogP contribution in [0, 0.1) is 11.7 Å². The van der Waals surface area contributed by atoms with Crippen molar-refractivity contribution in [3.63, 3.8) is 0 Å². The third kappa shape index (κ3) is 5.52. The summed E-state index contributed by atoms with van der Waals surface area (Å²) in [5.74, 6) is 0.319. The molecule has 1 aliphatic rings. The first-order chi connectivity index (χ1) is 20.9. The molecule has 5 aromatic heterocycles. The van der Waals surface area contributed by atoms with Crippen molar-refractivity contribution >= 4 is 39.3 Å². The van der Waals surface area contributed by atoms with Crippen LogP contribution in [0.15, 0.2) is 61.2 Å². The standard InChI is InChI=1S/C31H29FN10O/c1-42(2)8-7-34-22-10-18(9-21(32)13-22)26-28-25(5-6-35-26)38-30(39-28)27-24-12-20(15-36-29(24)41-40-27)19-11-23(16-33-14-19)37-31(43)17-3-4-17/h5-6,9-17,34H,3-4,7-8H2,1-2H3,(H,37,43)(H,38,39)(H,36,40,41). The second-order valence-electron chi connectivity index (χ2n) is 11.0. The van der Waals surface area contributed by atoms with Crippen LogP contribution in [-0.2, 0) is 4.79 Å². The Morgan fingerprint density at radius 1 is 1.02 bits per heavy atom. The van der Waals surface area contributed by atoms with Gasteiger partial charge in [-0.15, -0.1) is 0 Å². The number of rotatable bonds is 9. The van der Waals surface area contributed by atoms with Gasteiger partial charge in [-0.2, -0.15) is 5.10 Å². The van der Waals surface area contributed by atoms with E-state index in [0.29, 0.717) is 51.9 Å². The minimum absolute atomic E-state index is 0.0263. The van der Waals surface area contributed by atoms with Gasteiger partial charge in [0, 0.05) is 60.0 Å². The van der Waals surface area contributed by atoms with Gasteiger partial charge in [-0.25, -0.2) is 14.4 Å².